The molecule has 1 N–H and O–H groups in total. The molecule has 22 heavy (non-hydrogen) atoms. The molecule has 1 saturated heterocycles. The Kier molecular flexibility index (Phi) is 3.45. The van der Waals surface area contributed by atoms with Crippen molar-refractivity contribution in [3.8, 4) is 0 Å². The van der Waals surface area contributed by atoms with Gasteiger partial charge in [-0.2, -0.15) is 0 Å². The highest BCUT2D eigenvalue weighted by Crippen LogP contribution is 2.44. The summed E-state index contributed by atoms with van der Waals surface area (Å²) in [5.41, 5.74) is 1.29. The van der Waals surface area contributed by atoms with Crippen LogP contribution in [0.1, 0.15) is 25.3 Å². The lowest BCUT2D eigenvalue weighted by molar-refractivity contribution is -0.123. The van der Waals surface area contributed by atoms with Crippen molar-refractivity contribution in [2.75, 3.05) is 11.4 Å². The molecule has 0 aromatic heterocycles. The fourth-order valence-electron chi connectivity index (χ4n) is 3.48. The van der Waals surface area contributed by atoms with Crippen molar-refractivity contribution in [2.24, 2.45) is 5.92 Å². The Morgan fingerprint density at radius 2 is 2.09 bits per heavy atom. The molecule has 2 aliphatic heterocycles. The molecule has 1 aromatic carbocycles. The molecule has 3 rings (SSSR count). The molecule has 1 aromatic rings. The van der Waals surface area contributed by atoms with Gasteiger partial charge in [-0.05, 0) is 29.7 Å². The highest BCUT2D eigenvalue weighted by Gasteiger charge is 2.48. The molecule has 6 nitrogen and oxygen atoms in total. The molecule has 3 atom stereocenters. The molecular weight excluding hydrogens is 328 g/mol. The summed E-state index contributed by atoms with van der Waals surface area (Å²) < 4.78 is 23.1. The van der Waals surface area contributed by atoms with E-state index < -0.39 is 9.05 Å². The highest BCUT2D eigenvalue weighted by atomic mass is 35.7. The predicted molar refractivity (Wildman–Crippen MR) is 81.3 cm³/mol. The highest BCUT2D eigenvalue weighted by molar-refractivity contribution is 8.13. The average Bonchev–Trinajstić information content (AvgIpc) is 2.79. The van der Waals surface area contributed by atoms with Crippen molar-refractivity contribution in [1.29, 1.82) is 0 Å². The van der Waals surface area contributed by atoms with E-state index in [2.05, 4.69) is 5.32 Å². The van der Waals surface area contributed by atoms with Gasteiger partial charge in [0.05, 0.1) is 16.9 Å². The minimum Gasteiger partial charge on any atom is -0.354 e. The number of fused-ring (bicyclic) bond motifs is 2. The lowest BCUT2D eigenvalue weighted by Crippen LogP contribution is -2.49. The predicted octanol–water partition coefficient (Wildman–Crippen LogP) is 1.20. The SMILES string of the molecule is CC(=O)N1c2ccc(S(=O)(=O)Cl)cc2C(C)C2C(=O)NCC21. The number of amides is 2. The van der Waals surface area contributed by atoms with Crippen LogP contribution in [0.5, 0.6) is 0 Å². The number of rotatable bonds is 1. The maximum absolute atomic E-state index is 12.1. The zero-order chi connectivity index (χ0) is 16.2. The van der Waals surface area contributed by atoms with Gasteiger partial charge in [0.25, 0.3) is 9.05 Å². The van der Waals surface area contributed by atoms with Crippen molar-refractivity contribution in [3.05, 3.63) is 23.8 Å². The van der Waals surface area contributed by atoms with E-state index in [1.807, 2.05) is 6.92 Å². The summed E-state index contributed by atoms with van der Waals surface area (Å²) in [4.78, 5) is 25.7. The minimum absolute atomic E-state index is 0.0277. The van der Waals surface area contributed by atoms with Crippen LogP contribution in [0.4, 0.5) is 5.69 Å². The number of halogens is 1. The van der Waals surface area contributed by atoms with E-state index in [-0.39, 0.29) is 34.6 Å². The molecule has 0 bridgehead atoms. The Labute approximate surface area is 132 Å². The van der Waals surface area contributed by atoms with E-state index in [1.54, 1.807) is 11.0 Å². The van der Waals surface area contributed by atoms with Crippen LogP contribution in [-0.4, -0.2) is 32.8 Å². The molecule has 0 radical (unpaired) electrons. The molecule has 2 aliphatic rings. The van der Waals surface area contributed by atoms with Gasteiger partial charge >= 0.3 is 0 Å². The van der Waals surface area contributed by atoms with Crippen LogP contribution in [0.3, 0.4) is 0 Å². The minimum atomic E-state index is -3.86. The van der Waals surface area contributed by atoms with Gasteiger partial charge < -0.3 is 10.2 Å². The smallest absolute Gasteiger partial charge is 0.261 e. The van der Waals surface area contributed by atoms with Crippen LogP contribution < -0.4 is 10.2 Å². The van der Waals surface area contributed by atoms with Gasteiger partial charge in [0.15, 0.2) is 0 Å². The number of nitrogens with one attached hydrogen (secondary N) is 1. The van der Waals surface area contributed by atoms with Crippen molar-refractivity contribution in [1.82, 2.24) is 5.32 Å². The summed E-state index contributed by atoms with van der Waals surface area (Å²) in [6.07, 6.45) is 0. The lowest BCUT2D eigenvalue weighted by Gasteiger charge is -2.40. The second kappa shape index (κ2) is 4.96. The van der Waals surface area contributed by atoms with Crippen molar-refractivity contribution in [2.45, 2.75) is 30.7 Å². The number of hydrogen-bond donors (Lipinski definition) is 1. The third kappa shape index (κ3) is 2.19. The normalized spacial score (nSPS) is 27.1. The van der Waals surface area contributed by atoms with Gasteiger partial charge in [-0.1, -0.05) is 6.92 Å². The van der Waals surface area contributed by atoms with E-state index in [9.17, 15) is 18.0 Å². The second-order valence-electron chi connectivity index (χ2n) is 5.67. The van der Waals surface area contributed by atoms with Crippen molar-refractivity contribution in [3.63, 3.8) is 0 Å². The first-order valence-electron chi connectivity index (χ1n) is 6.88. The first kappa shape index (κ1) is 15.3. The lowest BCUT2D eigenvalue weighted by atomic mass is 9.78. The summed E-state index contributed by atoms with van der Waals surface area (Å²) >= 11 is 0. The first-order chi connectivity index (χ1) is 10.2. The van der Waals surface area contributed by atoms with Gasteiger partial charge in [0.1, 0.15) is 0 Å². The zero-order valence-corrected chi connectivity index (χ0v) is 13.6. The third-order valence-corrected chi connectivity index (χ3v) is 5.79. The summed E-state index contributed by atoms with van der Waals surface area (Å²) in [5.74, 6) is -0.879. The van der Waals surface area contributed by atoms with E-state index in [0.717, 1.165) is 0 Å². The Morgan fingerprint density at radius 1 is 1.41 bits per heavy atom. The first-order valence-corrected chi connectivity index (χ1v) is 9.19. The van der Waals surface area contributed by atoms with Crippen LogP contribution in [0.15, 0.2) is 23.1 Å². The Morgan fingerprint density at radius 3 is 2.68 bits per heavy atom. The number of anilines is 1. The Balaban J connectivity index is 2.21. The molecular formula is C14H15ClN2O4S. The number of benzene rings is 1. The van der Waals surface area contributed by atoms with Crippen LogP contribution >= 0.6 is 10.7 Å². The van der Waals surface area contributed by atoms with Crippen LogP contribution in [-0.2, 0) is 18.6 Å². The van der Waals surface area contributed by atoms with Crippen molar-refractivity contribution >= 4 is 37.2 Å². The number of hydrogen-bond acceptors (Lipinski definition) is 4. The van der Waals surface area contributed by atoms with Gasteiger partial charge in [-0.3, -0.25) is 9.59 Å². The quantitative estimate of drug-likeness (QED) is 0.777. The molecule has 8 heteroatoms. The monoisotopic (exact) mass is 342 g/mol. The largest absolute Gasteiger partial charge is 0.354 e. The fourth-order valence-corrected chi connectivity index (χ4v) is 4.27. The van der Waals surface area contributed by atoms with Gasteiger partial charge in [0, 0.05) is 29.8 Å². The molecule has 3 unspecified atom stereocenters. The molecule has 2 amide bonds. The molecule has 0 saturated carbocycles. The van der Waals surface area contributed by atoms with Crippen molar-refractivity contribution < 1.29 is 18.0 Å². The maximum atomic E-state index is 12.1. The number of carbonyl (C=O) groups is 2. The summed E-state index contributed by atoms with van der Waals surface area (Å²) in [6, 6.07) is 4.18. The molecule has 118 valence electrons. The Bertz CT molecular complexity index is 777. The van der Waals surface area contributed by atoms with Gasteiger partial charge in [0.2, 0.25) is 11.8 Å². The second-order valence-corrected chi connectivity index (χ2v) is 8.24. The summed E-state index contributed by atoms with van der Waals surface area (Å²) in [7, 11) is 1.54. The van der Waals surface area contributed by atoms with Crippen LogP contribution in [0, 0.1) is 5.92 Å². The van der Waals surface area contributed by atoms with E-state index >= 15 is 0 Å². The van der Waals surface area contributed by atoms with Gasteiger partial charge in [-0.15, -0.1) is 0 Å². The van der Waals surface area contributed by atoms with Crippen LogP contribution in [0.25, 0.3) is 0 Å². The van der Waals surface area contributed by atoms with Crippen LogP contribution in [0.2, 0.25) is 0 Å². The summed E-state index contributed by atoms with van der Waals surface area (Å²) in [6.45, 7) is 3.71. The molecule has 1 fully saturated rings. The molecule has 0 spiro atoms. The fraction of sp³-hybridized carbons (Fsp3) is 0.429. The van der Waals surface area contributed by atoms with E-state index in [0.29, 0.717) is 17.8 Å². The maximum Gasteiger partial charge on any atom is 0.261 e. The topological polar surface area (TPSA) is 83.6 Å². The molecule has 2 heterocycles. The van der Waals surface area contributed by atoms with E-state index in [4.69, 9.17) is 10.7 Å². The van der Waals surface area contributed by atoms with Gasteiger partial charge in [-0.25, -0.2) is 8.42 Å². The number of carbonyl (C=O) groups excluding carboxylic acids is 2. The summed E-state index contributed by atoms with van der Waals surface area (Å²) in [5, 5.41) is 2.78. The van der Waals surface area contributed by atoms with E-state index in [1.165, 1.54) is 19.1 Å². The third-order valence-electron chi connectivity index (χ3n) is 4.44. The molecule has 0 aliphatic carbocycles. The zero-order valence-electron chi connectivity index (χ0n) is 12.0. The Hall–Kier alpha value is -1.60. The standard InChI is InChI=1S/C14H15ClN2O4S/c1-7-10-5-9(22(15,20)21)3-4-11(10)17(8(2)18)12-6-16-14(19)13(7)12/h3-5,7,12-13H,6H2,1-2H3,(H,16,19). The number of nitrogens with zero attached hydrogens (tertiary/aromatic N) is 1. The average molecular weight is 343 g/mol.